The lowest BCUT2D eigenvalue weighted by Gasteiger charge is -2.27. The van der Waals surface area contributed by atoms with Gasteiger partial charge >= 0.3 is 0 Å². The summed E-state index contributed by atoms with van der Waals surface area (Å²) < 4.78 is 0. The van der Waals surface area contributed by atoms with E-state index in [4.69, 9.17) is 0 Å². The van der Waals surface area contributed by atoms with Gasteiger partial charge in [0.25, 0.3) is 0 Å². The van der Waals surface area contributed by atoms with Crippen molar-refractivity contribution < 1.29 is 5.11 Å². The zero-order valence-corrected chi connectivity index (χ0v) is 10.9. The smallest absolute Gasteiger partial charge is 0.0718 e. The van der Waals surface area contributed by atoms with E-state index in [0.29, 0.717) is 0 Å². The first-order chi connectivity index (χ1) is 6.49. The number of hydrogen-bond acceptors (Lipinski definition) is 3. The maximum atomic E-state index is 9.67. The minimum absolute atomic E-state index is 0.562. The van der Waals surface area contributed by atoms with Crippen LogP contribution < -0.4 is 0 Å². The fourth-order valence-electron chi connectivity index (χ4n) is 1.43. The van der Waals surface area contributed by atoms with Gasteiger partial charge in [0.15, 0.2) is 0 Å². The highest BCUT2D eigenvalue weighted by Crippen LogP contribution is 2.07. The molecule has 0 aliphatic carbocycles. The average molecular weight is 219 g/mol. The molecule has 0 aliphatic rings. The Bertz CT molecular complexity index is 134. The fraction of sp³-hybridized carbons (Fsp3) is 1.00. The minimum atomic E-state index is -0.562. The lowest BCUT2D eigenvalue weighted by atomic mass is 10.1. The standard InChI is InChI=1S/C11H25NOS/c1-5-12(10-11(3,4)13)8-7-9-14-6-2/h13H,5-10H2,1-4H3. The summed E-state index contributed by atoms with van der Waals surface area (Å²) in [6, 6.07) is 0. The molecule has 14 heavy (non-hydrogen) atoms. The Morgan fingerprint density at radius 2 is 1.93 bits per heavy atom. The zero-order chi connectivity index (χ0) is 11.0. The Kier molecular flexibility index (Phi) is 7.69. The van der Waals surface area contributed by atoms with Crippen LogP contribution in [0.15, 0.2) is 0 Å². The normalized spacial score (nSPS) is 12.4. The van der Waals surface area contributed by atoms with E-state index in [1.54, 1.807) is 0 Å². The number of hydrogen-bond donors (Lipinski definition) is 1. The lowest BCUT2D eigenvalue weighted by molar-refractivity contribution is 0.0380. The molecule has 0 bridgehead atoms. The van der Waals surface area contributed by atoms with Crippen LogP contribution in [-0.2, 0) is 0 Å². The molecule has 0 atom stereocenters. The summed E-state index contributed by atoms with van der Waals surface area (Å²) >= 11 is 1.99. The van der Waals surface area contributed by atoms with Gasteiger partial charge < -0.3 is 10.0 Å². The van der Waals surface area contributed by atoms with Crippen molar-refractivity contribution in [2.45, 2.75) is 39.7 Å². The molecule has 0 aliphatic heterocycles. The van der Waals surface area contributed by atoms with Crippen molar-refractivity contribution in [3.8, 4) is 0 Å². The van der Waals surface area contributed by atoms with E-state index in [1.807, 2.05) is 25.6 Å². The van der Waals surface area contributed by atoms with Crippen LogP contribution in [0.5, 0.6) is 0 Å². The van der Waals surface area contributed by atoms with Gasteiger partial charge in [-0.25, -0.2) is 0 Å². The van der Waals surface area contributed by atoms with E-state index < -0.39 is 5.60 Å². The van der Waals surface area contributed by atoms with E-state index >= 15 is 0 Å². The largest absolute Gasteiger partial charge is 0.389 e. The highest BCUT2D eigenvalue weighted by molar-refractivity contribution is 7.99. The molecule has 0 radical (unpaired) electrons. The van der Waals surface area contributed by atoms with Crippen LogP contribution in [-0.4, -0.2) is 46.7 Å². The number of rotatable bonds is 8. The van der Waals surface area contributed by atoms with Gasteiger partial charge in [0.05, 0.1) is 5.60 Å². The lowest BCUT2D eigenvalue weighted by Crippen LogP contribution is -2.39. The van der Waals surface area contributed by atoms with Crippen LogP contribution in [0.3, 0.4) is 0 Å². The second-order valence-electron chi connectivity index (χ2n) is 4.23. The Morgan fingerprint density at radius 1 is 1.29 bits per heavy atom. The van der Waals surface area contributed by atoms with Gasteiger partial charge in [0.2, 0.25) is 0 Å². The molecule has 0 heterocycles. The van der Waals surface area contributed by atoms with Crippen LogP contribution in [0.25, 0.3) is 0 Å². The molecular formula is C11H25NOS. The van der Waals surface area contributed by atoms with Crippen LogP contribution in [0.1, 0.15) is 34.1 Å². The van der Waals surface area contributed by atoms with Crippen LogP contribution in [0, 0.1) is 0 Å². The van der Waals surface area contributed by atoms with Gasteiger partial charge in [-0.2, -0.15) is 11.8 Å². The highest BCUT2D eigenvalue weighted by Gasteiger charge is 2.16. The van der Waals surface area contributed by atoms with E-state index in [2.05, 4.69) is 18.7 Å². The molecule has 0 rings (SSSR count). The maximum Gasteiger partial charge on any atom is 0.0718 e. The molecular weight excluding hydrogens is 194 g/mol. The van der Waals surface area contributed by atoms with Crippen molar-refractivity contribution in [1.29, 1.82) is 0 Å². The van der Waals surface area contributed by atoms with E-state index in [-0.39, 0.29) is 0 Å². The monoisotopic (exact) mass is 219 g/mol. The van der Waals surface area contributed by atoms with Crippen LogP contribution >= 0.6 is 11.8 Å². The Morgan fingerprint density at radius 3 is 2.36 bits per heavy atom. The highest BCUT2D eigenvalue weighted by atomic mass is 32.2. The topological polar surface area (TPSA) is 23.5 Å². The van der Waals surface area contributed by atoms with Crippen molar-refractivity contribution >= 4 is 11.8 Å². The number of aliphatic hydroxyl groups is 1. The molecule has 0 aromatic rings. The molecule has 0 aromatic carbocycles. The molecule has 0 unspecified atom stereocenters. The van der Waals surface area contributed by atoms with E-state index in [1.165, 1.54) is 17.9 Å². The summed E-state index contributed by atoms with van der Waals surface area (Å²) in [4.78, 5) is 2.32. The maximum absolute atomic E-state index is 9.67. The molecule has 3 heteroatoms. The second-order valence-corrected chi connectivity index (χ2v) is 5.63. The Labute approximate surface area is 93.1 Å². The van der Waals surface area contributed by atoms with Crippen molar-refractivity contribution in [1.82, 2.24) is 4.90 Å². The predicted octanol–water partition coefficient (Wildman–Crippen LogP) is 2.22. The molecule has 0 saturated heterocycles. The predicted molar refractivity (Wildman–Crippen MR) is 66.0 cm³/mol. The molecule has 1 N–H and O–H groups in total. The summed E-state index contributed by atoms with van der Waals surface area (Å²) in [5.74, 6) is 2.44. The fourth-order valence-corrected chi connectivity index (χ4v) is 2.05. The molecule has 0 spiro atoms. The molecule has 86 valence electrons. The third-order valence-corrected chi connectivity index (χ3v) is 3.01. The summed E-state index contributed by atoms with van der Waals surface area (Å²) in [5, 5.41) is 9.67. The SMILES string of the molecule is CCSCCCN(CC)CC(C)(C)O. The Balaban J connectivity index is 3.58. The molecule has 0 saturated carbocycles. The van der Waals surface area contributed by atoms with Crippen molar-refractivity contribution in [2.75, 3.05) is 31.1 Å². The number of nitrogens with zero attached hydrogens (tertiary/aromatic N) is 1. The first-order valence-electron chi connectivity index (χ1n) is 5.52. The van der Waals surface area contributed by atoms with E-state index in [0.717, 1.165) is 19.6 Å². The van der Waals surface area contributed by atoms with Gasteiger partial charge in [-0.3, -0.25) is 0 Å². The van der Waals surface area contributed by atoms with Gasteiger partial charge in [0, 0.05) is 6.54 Å². The summed E-state index contributed by atoms with van der Waals surface area (Å²) in [6.45, 7) is 11.0. The van der Waals surface area contributed by atoms with Crippen molar-refractivity contribution in [2.24, 2.45) is 0 Å². The second kappa shape index (κ2) is 7.55. The minimum Gasteiger partial charge on any atom is -0.389 e. The quantitative estimate of drug-likeness (QED) is 0.633. The first kappa shape index (κ1) is 14.3. The van der Waals surface area contributed by atoms with Crippen molar-refractivity contribution in [3.63, 3.8) is 0 Å². The number of thioether (sulfide) groups is 1. The van der Waals surface area contributed by atoms with Gasteiger partial charge in [-0.05, 0) is 44.9 Å². The van der Waals surface area contributed by atoms with E-state index in [9.17, 15) is 5.11 Å². The average Bonchev–Trinajstić information content (AvgIpc) is 2.08. The third kappa shape index (κ3) is 8.85. The Hall–Kier alpha value is 0.270. The van der Waals surface area contributed by atoms with Crippen molar-refractivity contribution in [3.05, 3.63) is 0 Å². The number of likely N-dealkylation sites (N-methyl/N-ethyl adjacent to an activating group) is 1. The van der Waals surface area contributed by atoms with Gasteiger partial charge in [-0.1, -0.05) is 13.8 Å². The first-order valence-corrected chi connectivity index (χ1v) is 6.67. The third-order valence-electron chi connectivity index (χ3n) is 2.02. The molecule has 2 nitrogen and oxygen atoms in total. The van der Waals surface area contributed by atoms with Gasteiger partial charge in [0.1, 0.15) is 0 Å². The summed E-state index contributed by atoms with van der Waals surface area (Å²) in [5.41, 5.74) is -0.562. The molecule has 0 aromatic heterocycles. The van der Waals surface area contributed by atoms with Gasteiger partial charge in [-0.15, -0.1) is 0 Å². The summed E-state index contributed by atoms with van der Waals surface area (Å²) in [6.07, 6.45) is 1.22. The van der Waals surface area contributed by atoms with Crippen LogP contribution in [0.4, 0.5) is 0 Å². The summed E-state index contributed by atoms with van der Waals surface area (Å²) in [7, 11) is 0. The molecule has 0 amide bonds. The zero-order valence-electron chi connectivity index (χ0n) is 10.0. The van der Waals surface area contributed by atoms with Crippen LogP contribution in [0.2, 0.25) is 0 Å². The molecule has 0 fully saturated rings.